The fourth-order valence-electron chi connectivity index (χ4n) is 12.5. The van der Waals surface area contributed by atoms with Crippen LogP contribution in [0.15, 0.2) is 0 Å². The molecule has 95 heavy (non-hydrogen) atoms. The second kappa shape index (κ2) is 53.6. The maximum Gasteiger partial charge on any atom is 0.470 e. The first kappa shape index (κ1) is 88.9. The zero-order valence-electron chi connectivity index (χ0n) is 58.8. The van der Waals surface area contributed by atoms with Crippen LogP contribution in [0, 0.1) is 0 Å². The Morgan fingerprint density at radius 2 is 0.726 bits per heavy atom. The van der Waals surface area contributed by atoms with E-state index in [1.807, 2.05) is 0 Å². The minimum atomic E-state index is -5.54. The summed E-state index contributed by atoms with van der Waals surface area (Å²) in [5, 5.41) is 72.5. The highest BCUT2D eigenvalue weighted by Gasteiger charge is 2.54. The first-order valence-corrected chi connectivity index (χ1v) is 40.6. The molecule has 560 valence electrons. The maximum absolute atomic E-state index is 14.1. The van der Waals surface area contributed by atoms with E-state index in [0.29, 0.717) is 25.7 Å². The number of hydrogen-bond acceptors (Lipinski definition) is 19. The van der Waals surface area contributed by atoms with Crippen molar-refractivity contribution in [1.29, 1.82) is 0 Å². The Morgan fingerprint density at radius 1 is 0.421 bits per heavy atom. The summed E-state index contributed by atoms with van der Waals surface area (Å²) in [6, 6.07) is -3.55. The number of amides is 2. The average molecular weight is 1400 g/mol. The molecule has 11 N–H and O–H groups in total. The molecular formula is C69H132N2O22P2. The Bertz CT molecular complexity index is 2070. The number of rotatable bonds is 60. The highest BCUT2D eigenvalue weighted by Crippen LogP contribution is 2.44. The van der Waals surface area contributed by atoms with Crippen molar-refractivity contribution in [2.45, 2.75) is 396 Å². The first-order chi connectivity index (χ1) is 45.4. The fraction of sp³-hybridized carbons (Fsp3) is 0.942. The van der Waals surface area contributed by atoms with E-state index in [9.17, 15) is 73.6 Å². The van der Waals surface area contributed by atoms with Crippen LogP contribution in [0.25, 0.3) is 0 Å². The first-order valence-electron chi connectivity index (χ1n) is 37.1. The van der Waals surface area contributed by atoms with Gasteiger partial charge in [0.15, 0.2) is 24.8 Å². The highest BCUT2D eigenvalue weighted by atomic mass is 31.2. The number of aliphatic hydroxyl groups is 6. The van der Waals surface area contributed by atoms with Gasteiger partial charge in [-0.1, -0.05) is 259 Å². The minimum Gasteiger partial charge on any atom is -0.457 e. The quantitative estimate of drug-likeness (QED) is 0.0153. The molecule has 11 unspecified atom stereocenters. The molecule has 26 heteroatoms. The molecule has 0 aromatic heterocycles. The lowest BCUT2D eigenvalue weighted by molar-refractivity contribution is -0.296. The van der Waals surface area contributed by atoms with Crippen LogP contribution in [0.5, 0.6) is 0 Å². The molecular weight excluding hydrogens is 1270 g/mol. The number of aliphatic hydroxyl groups excluding tert-OH is 6. The lowest BCUT2D eigenvalue weighted by Gasteiger charge is -2.47. The van der Waals surface area contributed by atoms with Crippen molar-refractivity contribution in [2.24, 2.45) is 0 Å². The van der Waals surface area contributed by atoms with Gasteiger partial charge in [0.25, 0.3) is 0 Å². The summed E-state index contributed by atoms with van der Waals surface area (Å²) in [6.45, 7) is 7.51. The van der Waals surface area contributed by atoms with Gasteiger partial charge in [0.2, 0.25) is 11.8 Å². The van der Waals surface area contributed by atoms with Crippen molar-refractivity contribution in [1.82, 2.24) is 10.6 Å². The Kier molecular flexibility index (Phi) is 50.1. The van der Waals surface area contributed by atoms with Gasteiger partial charge in [-0.15, -0.1) is 0 Å². The van der Waals surface area contributed by atoms with E-state index < -0.39 is 164 Å². The van der Waals surface area contributed by atoms with Gasteiger partial charge in [0, 0.05) is 6.66 Å². The summed E-state index contributed by atoms with van der Waals surface area (Å²) in [7, 11) is -10.2. The number of hydrogen-bond donors (Lipinski definition) is 11. The Hall–Kier alpha value is -2.22. The molecule has 2 aliphatic heterocycles. The number of carbonyl (C=O) groups excluding carboxylic acids is 4. The van der Waals surface area contributed by atoms with Crippen molar-refractivity contribution in [2.75, 3.05) is 19.9 Å². The summed E-state index contributed by atoms with van der Waals surface area (Å²) in [4.78, 5) is 86.9. The second-order valence-corrected chi connectivity index (χ2v) is 30.1. The van der Waals surface area contributed by atoms with Crippen LogP contribution in [0.2, 0.25) is 0 Å². The Labute approximate surface area is 569 Å². The second-order valence-electron chi connectivity index (χ2n) is 27.1. The van der Waals surface area contributed by atoms with Crippen molar-refractivity contribution >= 4 is 39.2 Å². The normalized spacial score (nSPS) is 23.5. The van der Waals surface area contributed by atoms with Gasteiger partial charge in [0.1, 0.15) is 36.5 Å². The number of esters is 2. The number of phosphoric acid groups is 1. The average Bonchev–Trinajstić information content (AvgIpc) is 0.787. The van der Waals surface area contributed by atoms with Gasteiger partial charge < -0.3 is 79.6 Å². The summed E-state index contributed by atoms with van der Waals surface area (Å²) in [5.41, 5.74) is 0. The largest absolute Gasteiger partial charge is 0.470 e. The van der Waals surface area contributed by atoms with Crippen molar-refractivity contribution < 1.29 is 106 Å². The third kappa shape index (κ3) is 43.3. The Morgan fingerprint density at radius 3 is 1.05 bits per heavy atom. The molecule has 2 rings (SSSR count). The third-order valence-electron chi connectivity index (χ3n) is 17.9. The molecule has 2 fully saturated rings. The smallest absolute Gasteiger partial charge is 0.457 e. The fourth-order valence-corrected chi connectivity index (χ4v) is 13.6. The molecule has 2 amide bonds. The van der Waals surface area contributed by atoms with Gasteiger partial charge in [-0.3, -0.25) is 32.8 Å². The lowest BCUT2D eigenvalue weighted by atomic mass is 9.95. The predicted octanol–water partition coefficient (Wildman–Crippen LogP) is 11.6. The molecule has 0 aromatic carbocycles. The molecule has 0 aliphatic carbocycles. The summed E-state index contributed by atoms with van der Waals surface area (Å²) in [5.74, 6) is -3.81. The van der Waals surface area contributed by atoms with Gasteiger partial charge >= 0.3 is 27.4 Å². The molecule has 2 aliphatic rings. The van der Waals surface area contributed by atoms with Crippen LogP contribution in [0.1, 0.15) is 310 Å². The minimum absolute atomic E-state index is 0.212. The van der Waals surface area contributed by atoms with Gasteiger partial charge in [-0.05, 0) is 25.7 Å². The van der Waals surface area contributed by atoms with E-state index in [4.69, 9.17) is 32.7 Å². The van der Waals surface area contributed by atoms with Crippen molar-refractivity contribution in [3.8, 4) is 0 Å². The maximum atomic E-state index is 14.1. The molecule has 0 spiro atoms. The van der Waals surface area contributed by atoms with Crippen LogP contribution < -0.4 is 10.6 Å². The van der Waals surface area contributed by atoms with Crippen LogP contribution in [0.4, 0.5) is 0 Å². The van der Waals surface area contributed by atoms with E-state index in [0.717, 1.165) is 161 Å². The molecule has 0 bridgehead atoms. The van der Waals surface area contributed by atoms with Gasteiger partial charge in [0.05, 0.1) is 63.3 Å². The zero-order valence-corrected chi connectivity index (χ0v) is 60.6. The molecule has 24 nitrogen and oxygen atoms in total. The van der Waals surface area contributed by atoms with E-state index in [2.05, 4.69) is 38.3 Å². The zero-order chi connectivity index (χ0) is 70.3. The number of phosphoric ester groups is 1. The molecule has 0 radical (unpaired) electrons. The standard InChI is InChI=1S/C69H132N2O22P2/c1-6-10-14-18-22-26-30-34-38-42-52(73)46-58(77)70-62-66(90-60(79)48-54(75)44-40-36-32-28-24-20-16-12-8-3)64(81)57(89-69(62)93-94(5,82)83)51-87-68-63(71-59(78)47-53(74)43-39-35-31-27-23-19-15-11-7-2)67(65(56(50-72)88-68)92-95(84,85)86)91-61(80)49-55(76)45-41-37-33-29-25-21-17-13-9-4/h52-57,62-69,72-76,81H,6-51H2,1-5H3,(H,70,77)(H,71,78)(H,82,83)(H2,84,85,86)/t52-,53-,54-,55-,56?,57?,62?,63?,64?,65?,66?,67?,68?,69?/m1/s1. The lowest BCUT2D eigenvalue weighted by Crippen LogP contribution is -2.68. The topological polar surface area (TPSA) is 373 Å². The molecule has 15 atom stereocenters. The SMILES string of the molecule is CCCCCCCCCCC[C@@H](O)CC(=O)NC1C(OP(C)(=O)O)OC(COC2OC(CO)C(OP(=O)(O)O)C(OC(=O)C[C@H](O)CCCCCCCCCCC)C2NC(=O)C[C@H](O)CCCCCCCCCCC)C(O)C1OC(=O)C[C@H](O)CCCCCCCCCCC. The van der Waals surface area contributed by atoms with E-state index in [1.165, 1.54) is 51.4 Å². The van der Waals surface area contributed by atoms with E-state index in [-0.39, 0.29) is 25.7 Å². The van der Waals surface area contributed by atoms with Crippen molar-refractivity contribution in [3.05, 3.63) is 0 Å². The number of nitrogens with one attached hydrogen (secondary N) is 2. The van der Waals surface area contributed by atoms with Crippen molar-refractivity contribution in [3.63, 3.8) is 0 Å². The van der Waals surface area contributed by atoms with E-state index in [1.54, 1.807) is 0 Å². The number of ether oxygens (including phenoxy) is 5. The number of unbranched alkanes of at least 4 members (excludes halogenated alkanes) is 32. The highest BCUT2D eigenvalue weighted by molar-refractivity contribution is 7.51. The summed E-state index contributed by atoms with van der Waals surface area (Å²) in [6.07, 6.45) is 15.4. The van der Waals surface area contributed by atoms with Crippen LogP contribution in [-0.2, 0) is 61.0 Å². The molecule has 2 saturated heterocycles. The van der Waals surface area contributed by atoms with Crippen LogP contribution in [0.3, 0.4) is 0 Å². The molecule has 2 heterocycles. The van der Waals surface area contributed by atoms with Crippen LogP contribution >= 0.6 is 15.4 Å². The number of carbonyl (C=O) groups is 4. The monoisotopic (exact) mass is 1400 g/mol. The van der Waals surface area contributed by atoms with Crippen LogP contribution in [-0.4, -0.2) is 175 Å². The molecule has 0 saturated carbocycles. The van der Waals surface area contributed by atoms with Gasteiger partial charge in [-0.25, -0.2) is 4.57 Å². The molecule has 0 aromatic rings. The Balaban J connectivity index is 2.55. The van der Waals surface area contributed by atoms with E-state index >= 15 is 0 Å². The summed E-state index contributed by atoms with van der Waals surface area (Å²) >= 11 is 0. The van der Waals surface area contributed by atoms with Gasteiger partial charge in [-0.2, -0.15) is 0 Å². The third-order valence-corrected chi connectivity index (χ3v) is 19.0. The predicted molar refractivity (Wildman–Crippen MR) is 364 cm³/mol. The summed E-state index contributed by atoms with van der Waals surface area (Å²) < 4.78 is 66.7.